The molecule has 2 aliphatic carbocycles. The van der Waals surface area contributed by atoms with Crippen molar-refractivity contribution in [3.05, 3.63) is 272 Å². The minimum Gasteiger partial charge on any atom is -0.310 e. The molecule has 0 aliphatic heterocycles. The fraction of sp³-hybridized carbons (Fsp3) is 0.0164. The third-order valence-corrected chi connectivity index (χ3v) is 13.3. The van der Waals surface area contributed by atoms with E-state index < -0.39 is 5.41 Å². The van der Waals surface area contributed by atoms with E-state index in [1.165, 1.54) is 77.5 Å². The van der Waals surface area contributed by atoms with Gasteiger partial charge in [0.1, 0.15) is 0 Å². The number of anilines is 3. The quantitative estimate of drug-likeness (QED) is 0.156. The van der Waals surface area contributed by atoms with Gasteiger partial charge in [-0.05, 0) is 127 Å². The zero-order valence-corrected chi connectivity index (χ0v) is 34.7. The average Bonchev–Trinajstić information content (AvgIpc) is 3.93. The summed E-state index contributed by atoms with van der Waals surface area (Å²) in [6.45, 7) is 8.82. The smallest absolute Gasteiger partial charge is 0.0725 e. The lowest BCUT2D eigenvalue weighted by Gasteiger charge is -2.31. The predicted octanol–water partition coefficient (Wildman–Crippen LogP) is 16.0. The number of hydrogen-bond donors (Lipinski definition) is 0. The van der Waals surface area contributed by atoms with Crippen LogP contribution in [0.2, 0.25) is 0 Å². The highest BCUT2D eigenvalue weighted by Crippen LogP contribution is 2.64. The van der Waals surface area contributed by atoms with Crippen LogP contribution in [0.1, 0.15) is 22.3 Å². The molecule has 1 heterocycles. The fourth-order valence-electron chi connectivity index (χ4n) is 10.6. The van der Waals surface area contributed by atoms with E-state index in [0.717, 1.165) is 33.9 Å². The van der Waals surface area contributed by atoms with E-state index in [9.17, 15) is 0 Å². The second-order valence-electron chi connectivity index (χ2n) is 16.6. The second-order valence-corrected chi connectivity index (χ2v) is 16.6. The average molecular weight is 803 g/mol. The maximum absolute atomic E-state index is 4.66. The summed E-state index contributed by atoms with van der Waals surface area (Å²) in [5.74, 6) is 0. The Kier molecular flexibility index (Phi) is 8.42. The van der Waals surface area contributed by atoms with Crippen molar-refractivity contribution in [1.82, 2.24) is 4.57 Å². The summed E-state index contributed by atoms with van der Waals surface area (Å²) in [6.07, 6.45) is 4.08. The van der Waals surface area contributed by atoms with Crippen LogP contribution in [0.5, 0.6) is 0 Å². The first-order chi connectivity index (χ1) is 31.1. The highest BCUT2D eigenvalue weighted by Gasteiger charge is 2.52. The molecular weight excluding hydrogens is 761 g/mol. The van der Waals surface area contributed by atoms with E-state index in [1.54, 1.807) is 0 Å². The lowest BCUT2D eigenvalue weighted by Crippen LogP contribution is -2.26. The number of benzene rings is 9. The zero-order chi connectivity index (χ0) is 42.1. The molecular formula is C61H42N2. The number of fused-ring (bicyclic) bond motifs is 10. The van der Waals surface area contributed by atoms with Crippen molar-refractivity contribution in [2.24, 2.45) is 0 Å². The molecule has 0 bridgehead atoms. The van der Waals surface area contributed by atoms with E-state index in [-0.39, 0.29) is 0 Å². The SMILES string of the molecule is C=C/C=C1\C(=C)c2ccccc2C12c1ccccc1-c1cc(N(c3ccc(-c4ccc(-n5c6ccccc6c6ccccc65)cc4)cc3)c3cccc(-c4ccccc4)c3)ccc12. The Balaban J connectivity index is 0.980. The molecule has 0 saturated heterocycles. The molecule has 63 heavy (non-hydrogen) atoms. The largest absolute Gasteiger partial charge is 0.310 e. The molecule has 0 fully saturated rings. The van der Waals surface area contributed by atoms with Gasteiger partial charge in [-0.3, -0.25) is 0 Å². The Hall–Kier alpha value is -8.20. The highest BCUT2D eigenvalue weighted by atomic mass is 15.1. The van der Waals surface area contributed by atoms with Gasteiger partial charge in [-0.1, -0.05) is 183 Å². The molecule has 1 unspecified atom stereocenters. The van der Waals surface area contributed by atoms with Crippen LogP contribution < -0.4 is 4.90 Å². The molecule has 0 N–H and O–H groups in total. The van der Waals surface area contributed by atoms with Crippen LogP contribution >= 0.6 is 0 Å². The van der Waals surface area contributed by atoms with Crippen molar-refractivity contribution in [1.29, 1.82) is 0 Å². The molecule has 0 amide bonds. The normalized spacial score (nSPS) is 15.5. The van der Waals surface area contributed by atoms with E-state index in [1.807, 2.05) is 6.08 Å². The van der Waals surface area contributed by atoms with Gasteiger partial charge in [0.2, 0.25) is 0 Å². The third-order valence-electron chi connectivity index (χ3n) is 13.3. The zero-order valence-electron chi connectivity index (χ0n) is 34.7. The van der Waals surface area contributed by atoms with Crippen molar-refractivity contribution < 1.29 is 0 Å². The van der Waals surface area contributed by atoms with E-state index in [4.69, 9.17) is 0 Å². The minimum atomic E-state index is -0.483. The summed E-state index contributed by atoms with van der Waals surface area (Å²) >= 11 is 0. The van der Waals surface area contributed by atoms with Gasteiger partial charge in [-0.25, -0.2) is 0 Å². The lowest BCUT2D eigenvalue weighted by molar-refractivity contribution is 0.795. The van der Waals surface area contributed by atoms with Gasteiger partial charge >= 0.3 is 0 Å². The van der Waals surface area contributed by atoms with E-state index >= 15 is 0 Å². The molecule has 2 aliphatic rings. The molecule has 1 atom stereocenters. The molecule has 1 spiro atoms. The Bertz CT molecular complexity index is 3420. The standard InChI is InChI=1S/C61H42N2/c1-3-16-55-41(2)50-21-7-11-25-56(50)61(55)57-26-12-8-22-51(57)54-40-49(37-38-58(54)61)62(48-20-15-19-45(39-48)42-17-5-4-6-18-42)46-33-29-43(30-34-46)44-31-35-47(36-32-44)63-59-27-13-9-23-52(59)53-24-10-14-28-60(53)63/h3-40H,1-2H2/b55-16+. The van der Waals surface area contributed by atoms with Crippen molar-refractivity contribution in [2.45, 2.75) is 5.41 Å². The minimum absolute atomic E-state index is 0.483. The van der Waals surface area contributed by atoms with Crippen LogP contribution in [0.3, 0.4) is 0 Å². The summed E-state index contributed by atoms with van der Waals surface area (Å²) in [5.41, 5.74) is 20.8. The first-order valence-electron chi connectivity index (χ1n) is 21.6. The number of nitrogens with zero attached hydrogens (tertiary/aromatic N) is 2. The molecule has 0 radical (unpaired) electrons. The van der Waals surface area contributed by atoms with Crippen LogP contribution in [0.4, 0.5) is 17.1 Å². The van der Waals surface area contributed by atoms with Crippen molar-refractivity contribution in [2.75, 3.05) is 4.90 Å². The monoisotopic (exact) mass is 802 g/mol. The Labute approximate surface area is 368 Å². The van der Waals surface area contributed by atoms with Crippen molar-refractivity contribution in [3.8, 4) is 39.1 Å². The predicted molar refractivity (Wildman–Crippen MR) is 265 cm³/mol. The van der Waals surface area contributed by atoms with Crippen LogP contribution in [-0.2, 0) is 5.41 Å². The number of allylic oxidation sites excluding steroid dienone is 4. The lowest BCUT2D eigenvalue weighted by atomic mass is 9.70. The summed E-state index contributed by atoms with van der Waals surface area (Å²) < 4.78 is 2.37. The first-order valence-corrected chi connectivity index (χ1v) is 21.6. The fourth-order valence-corrected chi connectivity index (χ4v) is 10.6. The van der Waals surface area contributed by atoms with Gasteiger partial charge in [0.05, 0.1) is 16.4 Å². The Morgan fingerprint density at radius 3 is 1.63 bits per heavy atom. The van der Waals surface area contributed by atoms with Gasteiger partial charge in [0.25, 0.3) is 0 Å². The van der Waals surface area contributed by atoms with Crippen LogP contribution in [0.25, 0.3) is 66.4 Å². The molecule has 10 aromatic rings. The number of hydrogen-bond acceptors (Lipinski definition) is 1. The first kappa shape index (κ1) is 36.6. The number of para-hydroxylation sites is 2. The van der Waals surface area contributed by atoms with E-state index in [0.29, 0.717) is 0 Å². The summed E-state index contributed by atoms with van der Waals surface area (Å²) in [4.78, 5) is 2.40. The van der Waals surface area contributed by atoms with Gasteiger partial charge < -0.3 is 9.47 Å². The Morgan fingerprint density at radius 1 is 0.413 bits per heavy atom. The summed E-state index contributed by atoms with van der Waals surface area (Å²) in [5, 5.41) is 2.53. The molecule has 9 aromatic carbocycles. The summed E-state index contributed by atoms with van der Waals surface area (Å²) in [7, 11) is 0. The molecule has 2 heteroatoms. The molecule has 0 saturated carbocycles. The van der Waals surface area contributed by atoms with E-state index in [2.05, 4.69) is 247 Å². The maximum Gasteiger partial charge on any atom is 0.0725 e. The molecule has 296 valence electrons. The third kappa shape index (κ3) is 5.51. The number of rotatable bonds is 7. The van der Waals surface area contributed by atoms with Crippen molar-refractivity contribution in [3.63, 3.8) is 0 Å². The second kappa shape index (κ2) is 14.5. The van der Waals surface area contributed by atoms with Crippen LogP contribution in [0.15, 0.2) is 249 Å². The molecule has 1 aromatic heterocycles. The molecule has 12 rings (SSSR count). The van der Waals surface area contributed by atoms with Gasteiger partial charge in [0.15, 0.2) is 0 Å². The number of aromatic nitrogens is 1. The Morgan fingerprint density at radius 2 is 0.937 bits per heavy atom. The summed E-state index contributed by atoms with van der Waals surface area (Å²) in [6, 6.07) is 79.6. The van der Waals surface area contributed by atoms with Gasteiger partial charge in [-0.15, -0.1) is 0 Å². The van der Waals surface area contributed by atoms with Crippen LogP contribution in [-0.4, -0.2) is 4.57 Å². The molecule has 2 nitrogen and oxygen atoms in total. The maximum atomic E-state index is 4.66. The van der Waals surface area contributed by atoms with Crippen molar-refractivity contribution >= 4 is 44.4 Å². The van der Waals surface area contributed by atoms with Crippen LogP contribution in [0, 0.1) is 0 Å². The highest BCUT2D eigenvalue weighted by molar-refractivity contribution is 6.09. The van der Waals surface area contributed by atoms with Gasteiger partial charge in [-0.2, -0.15) is 0 Å². The topological polar surface area (TPSA) is 8.17 Å². The van der Waals surface area contributed by atoms with Gasteiger partial charge in [0, 0.05) is 33.5 Å².